The van der Waals surface area contributed by atoms with Gasteiger partial charge in [-0.05, 0) is 75.0 Å². The second-order valence-corrected chi connectivity index (χ2v) is 17.3. The van der Waals surface area contributed by atoms with E-state index in [4.69, 9.17) is 21.2 Å². The minimum atomic E-state index is -8.03. The van der Waals surface area contributed by atoms with Gasteiger partial charge in [0.25, 0.3) is 0 Å². The molecule has 58 heavy (non-hydrogen) atoms. The Kier molecular flexibility index (Phi) is 15.6. The molecule has 4 nitrogen and oxygen atoms in total. The first kappa shape index (κ1) is 51.4. The van der Waals surface area contributed by atoms with Crippen LogP contribution in [0.1, 0.15) is 111 Å². The maximum absolute atomic E-state index is 14.7. The number of hydrogen-bond acceptors (Lipinski definition) is 4. The van der Waals surface area contributed by atoms with Crippen molar-refractivity contribution in [2.75, 3.05) is 6.61 Å². The molecule has 0 heterocycles. The summed E-state index contributed by atoms with van der Waals surface area (Å²) in [5.74, 6) is -40.8. The fourth-order valence-electron chi connectivity index (χ4n) is 6.37. The minimum Gasteiger partial charge on any atom is -0.465 e. The van der Waals surface area contributed by atoms with Gasteiger partial charge in [-0.1, -0.05) is 89.2 Å². The number of hydroxylamine groups is 2. The normalized spacial score (nSPS) is 16.1. The highest BCUT2D eigenvalue weighted by atomic mass is 35.5. The number of benzene rings is 2. The Morgan fingerprint density at radius 1 is 0.672 bits per heavy atom. The molecule has 0 radical (unpaired) electrons. The van der Waals surface area contributed by atoms with Crippen molar-refractivity contribution >= 4 is 17.6 Å². The van der Waals surface area contributed by atoms with Crippen LogP contribution < -0.4 is 0 Å². The van der Waals surface area contributed by atoms with Gasteiger partial charge < -0.3 is 4.74 Å². The van der Waals surface area contributed by atoms with Crippen LogP contribution in [-0.2, 0) is 20.2 Å². The zero-order valence-electron chi connectivity index (χ0n) is 33.8. The predicted octanol–water partition coefficient (Wildman–Crippen LogP) is 13.4. The molecule has 0 bridgehead atoms. The second-order valence-electron chi connectivity index (χ2n) is 17.1. The number of halogens is 14. The molecule has 3 atom stereocenters. The maximum Gasteiger partial charge on any atom is 0.460 e. The molecule has 0 aliphatic heterocycles. The van der Waals surface area contributed by atoms with E-state index >= 15 is 0 Å². The number of alkyl halides is 14. The van der Waals surface area contributed by atoms with E-state index in [1.165, 1.54) is 13.8 Å². The van der Waals surface area contributed by atoms with Gasteiger partial charge in [0.05, 0.1) is 30.6 Å². The van der Waals surface area contributed by atoms with E-state index in [-0.39, 0.29) is 24.1 Å². The number of ether oxygens (including phenoxy) is 1. The molecule has 18 heteroatoms. The molecule has 0 spiro atoms. The summed E-state index contributed by atoms with van der Waals surface area (Å²) >= 11 is 5.93. The maximum atomic E-state index is 14.7. The lowest BCUT2D eigenvalue weighted by Crippen LogP contribution is -2.70. The van der Waals surface area contributed by atoms with Crippen molar-refractivity contribution in [2.45, 2.75) is 147 Å². The van der Waals surface area contributed by atoms with Crippen molar-refractivity contribution in [1.29, 1.82) is 0 Å². The number of hydrogen-bond donors (Lipinski definition) is 0. The molecule has 0 saturated heterocycles. The van der Waals surface area contributed by atoms with Crippen molar-refractivity contribution in [3.8, 4) is 0 Å². The first-order valence-electron chi connectivity index (χ1n) is 18.2. The van der Waals surface area contributed by atoms with Gasteiger partial charge in [0, 0.05) is 11.4 Å². The number of rotatable bonds is 19. The first-order valence-corrected chi connectivity index (χ1v) is 18.8. The molecular formula is C40H51ClF13NO3. The van der Waals surface area contributed by atoms with Gasteiger partial charge in [0.15, 0.2) is 0 Å². The van der Waals surface area contributed by atoms with Crippen LogP contribution in [0.3, 0.4) is 0 Å². The zero-order chi connectivity index (χ0) is 45.3. The summed E-state index contributed by atoms with van der Waals surface area (Å²) in [6.07, 6.45) is -10.4. The number of carbonyl (C=O) groups excluding carboxylic acids is 1. The van der Waals surface area contributed by atoms with E-state index < -0.39 is 83.3 Å². The molecule has 2 aromatic carbocycles. The van der Waals surface area contributed by atoms with Crippen LogP contribution in [0, 0.1) is 17.3 Å². The second kappa shape index (κ2) is 17.7. The van der Waals surface area contributed by atoms with Crippen LogP contribution >= 0.6 is 11.6 Å². The summed E-state index contributed by atoms with van der Waals surface area (Å²) in [5, 5.41) is 1.64. The highest BCUT2D eigenvalue weighted by Gasteiger charge is 2.90. The predicted molar refractivity (Wildman–Crippen MR) is 193 cm³/mol. The highest BCUT2D eigenvalue weighted by Crippen LogP contribution is 2.60. The van der Waals surface area contributed by atoms with Gasteiger partial charge in [0.2, 0.25) is 0 Å². The molecular weight excluding hydrogens is 825 g/mol. The lowest BCUT2D eigenvalue weighted by molar-refractivity contribution is -0.440. The van der Waals surface area contributed by atoms with E-state index in [0.717, 1.165) is 16.7 Å². The molecule has 0 N–H and O–H groups in total. The van der Waals surface area contributed by atoms with Crippen molar-refractivity contribution in [3.05, 3.63) is 71.3 Å². The zero-order valence-corrected chi connectivity index (χ0v) is 34.6. The van der Waals surface area contributed by atoms with E-state index in [9.17, 15) is 61.9 Å². The molecule has 2 rings (SSSR count). The van der Waals surface area contributed by atoms with Crippen molar-refractivity contribution in [2.24, 2.45) is 17.3 Å². The van der Waals surface area contributed by atoms with Gasteiger partial charge in [-0.15, -0.1) is 11.6 Å². The first-order chi connectivity index (χ1) is 25.9. The third-order valence-corrected chi connectivity index (χ3v) is 10.6. The molecule has 2 aromatic rings. The van der Waals surface area contributed by atoms with Crippen LogP contribution in [0.15, 0.2) is 54.6 Å². The quantitative estimate of drug-likeness (QED) is 0.0610. The van der Waals surface area contributed by atoms with E-state index in [1.54, 1.807) is 61.4 Å². The van der Waals surface area contributed by atoms with Crippen LogP contribution in [0.4, 0.5) is 57.1 Å². The van der Waals surface area contributed by atoms with Crippen LogP contribution in [0.25, 0.3) is 0 Å². The van der Waals surface area contributed by atoms with Crippen LogP contribution in [-0.4, -0.2) is 64.6 Å². The molecule has 0 fully saturated rings. The standard InChI is InChI=1S/C40H51ClF13NO3/c1-24(2)30(28-14-12-11-13-15-28)55(32(4,5)6)58-34(9,10)29(22-33(7,8)25(3)27-18-16-26(23-41)17-19-27)31(56)57-21-20-35(42,43)36(44,45)37(46,47)38(48,49)39(50,51)40(52,53)54/h11-19,24-25,29-30H,20-23H2,1-10H3. The Bertz CT molecular complexity index is 1640. The summed E-state index contributed by atoms with van der Waals surface area (Å²) in [7, 11) is 0. The summed E-state index contributed by atoms with van der Waals surface area (Å²) in [5.41, 5.74) is -0.908. The topological polar surface area (TPSA) is 38.8 Å². The average Bonchev–Trinajstić information content (AvgIpc) is 3.08. The number of carbonyl (C=O) groups is 1. The van der Waals surface area contributed by atoms with Gasteiger partial charge in [-0.3, -0.25) is 9.63 Å². The molecule has 0 amide bonds. The Morgan fingerprint density at radius 3 is 1.59 bits per heavy atom. The molecule has 3 unspecified atom stereocenters. The SMILES string of the molecule is CC(C)C(c1ccccc1)N(OC(C)(C)C(CC(C)(C)C(C)c1ccc(CCl)cc1)C(=O)OCCC(F)(F)C(F)(F)C(F)(F)C(F)(F)C(F)(F)C(F)(F)F)C(C)(C)C. The summed E-state index contributed by atoms with van der Waals surface area (Å²) < 4.78 is 184. The molecule has 332 valence electrons. The number of nitrogens with zero attached hydrogens (tertiary/aromatic N) is 1. The molecule has 0 aromatic heterocycles. The van der Waals surface area contributed by atoms with Gasteiger partial charge >= 0.3 is 41.8 Å². The molecule has 0 aliphatic carbocycles. The largest absolute Gasteiger partial charge is 0.465 e. The minimum absolute atomic E-state index is 0.124. The monoisotopic (exact) mass is 875 g/mol. The fourth-order valence-corrected chi connectivity index (χ4v) is 6.55. The summed E-state index contributed by atoms with van der Waals surface area (Å²) in [6.45, 7) is 15.7. The van der Waals surface area contributed by atoms with Gasteiger partial charge in [-0.25, -0.2) is 0 Å². The molecule has 0 saturated carbocycles. The van der Waals surface area contributed by atoms with Crippen molar-refractivity contribution in [1.82, 2.24) is 5.06 Å². The lowest BCUT2D eigenvalue weighted by atomic mass is 9.68. The van der Waals surface area contributed by atoms with E-state index in [0.29, 0.717) is 0 Å². The highest BCUT2D eigenvalue weighted by molar-refractivity contribution is 6.17. The van der Waals surface area contributed by atoms with Crippen LogP contribution in [0.5, 0.6) is 0 Å². The lowest BCUT2D eigenvalue weighted by Gasteiger charge is -2.48. The Balaban J connectivity index is 2.59. The number of esters is 1. The van der Waals surface area contributed by atoms with E-state index in [1.807, 2.05) is 53.7 Å². The summed E-state index contributed by atoms with van der Waals surface area (Å²) in [4.78, 5) is 20.7. The fraction of sp³-hybridized carbons (Fsp3) is 0.675. The summed E-state index contributed by atoms with van der Waals surface area (Å²) in [6, 6.07) is 15.8. The van der Waals surface area contributed by atoms with Crippen LogP contribution in [0.2, 0.25) is 0 Å². The van der Waals surface area contributed by atoms with E-state index in [2.05, 4.69) is 0 Å². The Morgan fingerprint density at radius 2 is 1.16 bits per heavy atom. The third kappa shape index (κ3) is 10.6. The van der Waals surface area contributed by atoms with Crippen molar-refractivity contribution in [3.63, 3.8) is 0 Å². The van der Waals surface area contributed by atoms with Crippen molar-refractivity contribution < 1.29 is 71.4 Å². The smallest absolute Gasteiger partial charge is 0.460 e. The Hall–Kier alpha value is -2.79. The molecule has 0 aliphatic rings. The van der Waals surface area contributed by atoms with Gasteiger partial charge in [0.1, 0.15) is 0 Å². The average molecular weight is 876 g/mol. The van der Waals surface area contributed by atoms with Gasteiger partial charge in [-0.2, -0.15) is 62.1 Å². The third-order valence-electron chi connectivity index (χ3n) is 10.3. The Labute approximate surface area is 335 Å².